The Morgan fingerprint density at radius 1 is 0.862 bits per heavy atom. The highest BCUT2D eigenvalue weighted by atomic mass is 35.5. The lowest BCUT2D eigenvalue weighted by Crippen LogP contribution is -2.41. The summed E-state index contributed by atoms with van der Waals surface area (Å²) in [5.41, 5.74) is 3.22. The van der Waals surface area contributed by atoms with E-state index in [2.05, 4.69) is 11.4 Å². The second-order valence-corrected chi connectivity index (χ2v) is 5.68. The fourth-order valence-corrected chi connectivity index (χ4v) is 2.74. The average molecular weight is 422 g/mol. The minimum atomic E-state index is -0.203. The van der Waals surface area contributed by atoms with Crippen molar-refractivity contribution in [1.29, 1.82) is 0 Å². The van der Waals surface area contributed by atoms with Crippen molar-refractivity contribution in [2.75, 3.05) is 6.61 Å². The molecule has 1 saturated heterocycles. The highest BCUT2D eigenvalue weighted by Gasteiger charge is 2.31. The molecule has 1 aliphatic rings. The molecule has 2 unspecified atom stereocenters. The molecule has 3 nitrogen and oxygen atoms in total. The van der Waals surface area contributed by atoms with Crippen LogP contribution in [-0.4, -0.2) is 12.5 Å². The third-order valence-electron chi connectivity index (χ3n) is 3.61. The van der Waals surface area contributed by atoms with E-state index in [1.165, 1.54) is 5.56 Å². The normalized spacial score (nSPS) is 16.7. The Bertz CT molecular complexity index is 656. The zero-order valence-corrected chi connectivity index (χ0v) is 20.4. The Hall–Kier alpha value is -1.84. The van der Waals surface area contributed by atoms with Gasteiger partial charge in [0, 0.05) is 5.02 Å². The molecule has 29 heavy (non-hydrogen) atoms. The van der Waals surface area contributed by atoms with Gasteiger partial charge in [0.25, 0.3) is 0 Å². The summed E-state index contributed by atoms with van der Waals surface area (Å²) in [6, 6.07) is 15.4. The summed E-state index contributed by atoms with van der Waals surface area (Å²) in [6.07, 6.45) is -0.191. The van der Waals surface area contributed by atoms with E-state index in [0.29, 0.717) is 5.02 Å². The van der Waals surface area contributed by atoms with Gasteiger partial charge in [0.15, 0.2) is 0 Å². The Morgan fingerprint density at radius 2 is 1.41 bits per heavy atom. The number of carbonyl (C=O) groups is 1. The summed E-state index contributed by atoms with van der Waals surface area (Å²) in [7, 11) is 0. The van der Waals surface area contributed by atoms with Crippen molar-refractivity contribution >= 4 is 17.5 Å². The smallest absolute Gasteiger partial charge is 0.246 e. The number of carbonyl (C=O) groups excluding carboxylic acids is 1. The molecule has 1 aliphatic heterocycles. The molecule has 0 saturated carbocycles. The fraction of sp³-hybridized carbons (Fsp3) is 0.480. The first-order chi connectivity index (χ1) is 14.1. The molecule has 2 atom stereocenters. The van der Waals surface area contributed by atoms with Gasteiger partial charge in [-0.2, -0.15) is 0 Å². The standard InChI is InChI=1S/C17H16ClNO2.4C2H6/c1-11-3-2-4-13(9-11)17-16(19-15(20)10-21-17)12-5-7-14(18)8-6-12;4*1-2/h2-9,16-17H,10H2,1H3,(H,19,20);4*1-2H3. The second-order valence-electron chi connectivity index (χ2n) is 5.24. The zero-order valence-electron chi connectivity index (χ0n) is 19.7. The van der Waals surface area contributed by atoms with Crippen LogP contribution < -0.4 is 5.32 Å². The van der Waals surface area contributed by atoms with E-state index < -0.39 is 0 Å². The Kier molecular flexibility index (Phi) is 18.4. The van der Waals surface area contributed by atoms with Crippen LogP contribution in [0.5, 0.6) is 0 Å². The lowest BCUT2D eigenvalue weighted by atomic mass is 9.93. The van der Waals surface area contributed by atoms with Crippen LogP contribution in [0.4, 0.5) is 0 Å². The van der Waals surface area contributed by atoms with E-state index in [1.807, 2.05) is 105 Å². The summed E-state index contributed by atoms with van der Waals surface area (Å²) >= 11 is 5.93. The maximum Gasteiger partial charge on any atom is 0.246 e. The Morgan fingerprint density at radius 3 is 1.93 bits per heavy atom. The molecule has 0 aromatic heterocycles. The van der Waals surface area contributed by atoms with E-state index >= 15 is 0 Å². The predicted molar refractivity (Wildman–Crippen MR) is 128 cm³/mol. The molecule has 2 aromatic rings. The van der Waals surface area contributed by atoms with E-state index in [9.17, 15) is 4.79 Å². The minimum Gasteiger partial charge on any atom is -0.361 e. The number of hydrogen-bond donors (Lipinski definition) is 1. The molecule has 164 valence electrons. The number of hydrogen-bond acceptors (Lipinski definition) is 2. The molecule has 0 spiro atoms. The number of benzene rings is 2. The quantitative estimate of drug-likeness (QED) is 0.539. The van der Waals surface area contributed by atoms with E-state index in [4.69, 9.17) is 16.3 Å². The van der Waals surface area contributed by atoms with Crippen molar-refractivity contribution in [3.8, 4) is 0 Å². The van der Waals surface area contributed by atoms with Crippen LogP contribution >= 0.6 is 11.6 Å². The minimum absolute atomic E-state index is 0.0860. The molecule has 1 amide bonds. The van der Waals surface area contributed by atoms with Crippen LogP contribution in [0.25, 0.3) is 0 Å². The molecule has 1 heterocycles. The maximum absolute atomic E-state index is 11.7. The fourth-order valence-electron chi connectivity index (χ4n) is 2.62. The second kappa shape index (κ2) is 18.2. The van der Waals surface area contributed by atoms with Gasteiger partial charge in [-0.3, -0.25) is 4.79 Å². The third kappa shape index (κ3) is 9.96. The zero-order chi connectivity index (χ0) is 22.8. The molecule has 4 heteroatoms. The molecule has 3 rings (SSSR count). The number of halogens is 1. The summed E-state index contributed by atoms with van der Waals surface area (Å²) in [5, 5.41) is 3.69. The molecule has 0 aliphatic carbocycles. The SMILES string of the molecule is CC.CC.CC.CC.Cc1cccc(C2OCC(=O)NC2c2ccc(Cl)cc2)c1. The van der Waals surface area contributed by atoms with Gasteiger partial charge in [0.2, 0.25) is 5.91 Å². The lowest BCUT2D eigenvalue weighted by molar-refractivity contribution is -0.137. The topological polar surface area (TPSA) is 38.3 Å². The van der Waals surface area contributed by atoms with Gasteiger partial charge in [-0.1, -0.05) is 109 Å². The van der Waals surface area contributed by atoms with Crippen molar-refractivity contribution in [3.63, 3.8) is 0 Å². The van der Waals surface area contributed by atoms with Crippen LogP contribution in [-0.2, 0) is 9.53 Å². The van der Waals surface area contributed by atoms with Crippen molar-refractivity contribution in [2.45, 2.75) is 74.5 Å². The lowest BCUT2D eigenvalue weighted by Gasteiger charge is -2.33. The van der Waals surface area contributed by atoms with Crippen LogP contribution in [0.15, 0.2) is 48.5 Å². The molecule has 1 N–H and O–H groups in total. The van der Waals surface area contributed by atoms with Gasteiger partial charge in [0.05, 0.1) is 6.04 Å². The molecule has 2 aromatic carbocycles. The predicted octanol–water partition coefficient (Wildman–Crippen LogP) is 7.68. The molecule has 0 radical (unpaired) electrons. The molecular formula is C25H40ClNO2. The largest absolute Gasteiger partial charge is 0.361 e. The average Bonchev–Trinajstić information content (AvgIpc) is 2.80. The Labute approximate surface area is 183 Å². The summed E-state index contributed by atoms with van der Waals surface area (Å²) < 4.78 is 5.78. The summed E-state index contributed by atoms with van der Waals surface area (Å²) in [4.78, 5) is 11.7. The highest BCUT2D eigenvalue weighted by molar-refractivity contribution is 6.30. The van der Waals surface area contributed by atoms with Gasteiger partial charge >= 0.3 is 0 Å². The van der Waals surface area contributed by atoms with Gasteiger partial charge in [-0.25, -0.2) is 0 Å². The van der Waals surface area contributed by atoms with Crippen LogP contribution in [0.3, 0.4) is 0 Å². The van der Waals surface area contributed by atoms with Gasteiger partial charge in [0.1, 0.15) is 12.7 Å². The molecule has 1 fully saturated rings. The number of amides is 1. The van der Waals surface area contributed by atoms with E-state index in [1.54, 1.807) is 0 Å². The Balaban J connectivity index is 0. The van der Waals surface area contributed by atoms with Crippen LogP contribution in [0.1, 0.15) is 84.2 Å². The molecule has 0 bridgehead atoms. The first-order valence-corrected chi connectivity index (χ1v) is 11.2. The van der Waals surface area contributed by atoms with Gasteiger partial charge in [-0.05, 0) is 30.2 Å². The number of ether oxygens (including phenoxy) is 1. The van der Waals surface area contributed by atoms with Crippen molar-refractivity contribution in [3.05, 3.63) is 70.2 Å². The van der Waals surface area contributed by atoms with Crippen molar-refractivity contribution in [2.24, 2.45) is 0 Å². The first kappa shape index (κ1) is 29.4. The number of aryl methyl sites for hydroxylation is 1. The maximum atomic E-state index is 11.7. The number of nitrogens with one attached hydrogen (secondary N) is 1. The van der Waals surface area contributed by atoms with Crippen molar-refractivity contribution in [1.82, 2.24) is 5.32 Å². The van der Waals surface area contributed by atoms with Gasteiger partial charge < -0.3 is 10.1 Å². The highest BCUT2D eigenvalue weighted by Crippen LogP contribution is 2.35. The summed E-state index contributed by atoms with van der Waals surface area (Å²) in [5.74, 6) is -0.0983. The number of morpholine rings is 1. The number of rotatable bonds is 2. The molecular weight excluding hydrogens is 382 g/mol. The van der Waals surface area contributed by atoms with E-state index in [0.717, 1.165) is 11.1 Å². The van der Waals surface area contributed by atoms with Crippen molar-refractivity contribution < 1.29 is 9.53 Å². The van der Waals surface area contributed by atoms with Gasteiger partial charge in [-0.15, -0.1) is 0 Å². The van der Waals surface area contributed by atoms with E-state index in [-0.39, 0.29) is 24.7 Å². The van der Waals surface area contributed by atoms with Crippen LogP contribution in [0, 0.1) is 6.92 Å². The third-order valence-corrected chi connectivity index (χ3v) is 3.86. The van der Waals surface area contributed by atoms with Crippen LogP contribution in [0.2, 0.25) is 5.02 Å². The summed E-state index contributed by atoms with van der Waals surface area (Å²) in [6.45, 7) is 18.1. The monoisotopic (exact) mass is 421 g/mol. The first-order valence-electron chi connectivity index (χ1n) is 10.9.